The molecule has 1 aromatic heterocycles. The smallest absolute Gasteiger partial charge is 0.114 e. The van der Waals surface area contributed by atoms with Crippen LogP contribution in [0.15, 0.2) is 0 Å². The number of nitrogens with zero attached hydrogens (tertiary/aromatic N) is 1. The fourth-order valence-corrected chi connectivity index (χ4v) is 5.93. The Balaban J connectivity index is 2.00. The Morgan fingerprint density at radius 3 is 2.76 bits per heavy atom. The maximum atomic E-state index is 5.15. The van der Waals surface area contributed by atoms with Crippen LogP contribution in [0.25, 0.3) is 0 Å². The van der Waals surface area contributed by atoms with E-state index >= 15 is 0 Å². The molecule has 2 nitrogen and oxygen atoms in total. The van der Waals surface area contributed by atoms with E-state index in [9.17, 15) is 0 Å². The Labute approximate surface area is 133 Å². The molecule has 118 valence electrons. The van der Waals surface area contributed by atoms with Crippen molar-refractivity contribution in [1.29, 1.82) is 0 Å². The topological polar surface area (TPSA) is 24.9 Å². The van der Waals surface area contributed by atoms with E-state index in [-0.39, 0.29) is 5.54 Å². The lowest BCUT2D eigenvalue weighted by atomic mass is 9.68. The molecule has 3 rings (SSSR count). The molecule has 2 atom stereocenters. The van der Waals surface area contributed by atoms with Crippen LogP contribution in [0.2, 0.25) is 0 Å². The number of hydrogen-bond acceptors (Lipinski definition) is 3. The van der Waals surface area contributed by atoms with E-state index in [2.05, 4.69) is 26.1 Å². The van der Waals surface area contributed by atoms with Crippen molar-refractivity contribution in [3.05, 3.63) is 15.6 Å². The third-order valence-corrected chi connectivity index (χ3v) is 6.83. The van der Waals surface area contributed by atoms with Crippen molar-refractivity contribution in [2.75, 3.05) is 6.54 Å². The van der Waals surface area contributed by atoms with Crippen LogP contribution in [-0.4, -0.2) is 11.5 Å². The van der Waals surface area contributed by atoms with Gasteiger partial charge in [0.2, 0.25) is 0 Å². The van der Waals surface area contributed by atoms with E-state index in [0.29, 0.717) is 0 Å². The van der Waals surface area contributed by atoms with Gasteiger partial charge in [0, 0.05) is 4.88 Å². The standard InChI is InChI=1S/C18H30N2S/c1-4-19-18(12-8-7-9-14(18)13(2)3)17-20-15-10-5-6-11-16(15)21-17/h13-14,19H,4-12H2,1-3H3. The maximum absolute atomic E-state index is 5.15. The molecule has 0 aromatic carbocycles. The molecule has 3 heteroatoms. The zero-order valence-corrected chi connectivity index (χ0v) is 14.7. The molecule has 1 saturated carbocycles. The van der Waals surface area contributed by atoms with E-state index in [4.69, 9.17) is 4.98 Å². The summed E-state index contributed by atoms with van der Waals surface area (Å²) in [6.45, 7) is 8.10. The van der Waals surface area contributed by atoms with Gasteiger partial charge in [-0.05, 0) is 56.9 Å². The van der Waals surface area contributed by atoms with E-state index in [0.717, 1.165) is 18.4 Å². The van der Waals surface area contributed by atoms with Crippen LogP contribution in [0, 0.1) is 11.8 Å². The van der Waals surface area contributed by atoms with Crippen LogP contribution in [0.3, 0.4) is 0 Å². The van der Waals surface area contributed by atoms with Gasteiger partial charge in [-0.2, -0.15) is 0 Å². The highest BCUT2D eigenvalue weighted by Gasteiger charge is 2.45. The average Bonchev–Trinajstić information content (AvgIpc) is 2.92. The van der Waals surface area contributed by atoms with Gasteiger partial charge in [0.1, 0.15) is 5.01 Å². The number of aromatic nitrogens is 1. The van der Waals surface area contributed by atoms with Crippen LogP contribution < -0.4 is 5.32 Å². The summed E-state index contributed by atoms with van der Waals surface area (Å²) in [5, 5.41) is 5.31. The van der Waals surface area contributed by atoms with Gasteiger partial charge in [0.15, 0.2) is 0 Å². The lowest BCUT2D eigenvalue weighted by molar-refractivity contribution is 0.102. The first-order chi connectivity index (χ1) is 10.2. The van der Waals surface area contributed by atoms with Crippen molar-refractivity contribution < 1.29 is 0 Å². The molecule has 1 aromatic rings. The Hall–Kier alpha value is -0.410. The fraction of sp³-hybridized carbons (Fsp3) is 0.833. The summed E-state index contributed by atoms with van der Waals surface area (Å²) in [5.74, 6) is 1.46. The molecule has 1 fully saturated rings. The molecule has 0 aliphatic heterocycles. The maximum Gasteiger partial charge on any atom is 0.114 e. The summed E-state index contributed by atoms with van der Waals surface area (Å²) in [4.78, 5) is 6.74. The third kappa shape index (κ3) is 2.79. The minimum atomic E-state index is 0.156. The highest BCUT2D eigenvalue weighted by molar-refractivity contribution is 7.11. The van der Waals surface area contributed by atoms with Gasteiger partial charge >= 0.3 is 0 Å². The Bertz CT molecular complexity index is 452. The van der Waals surface area contributed by atoms with Gasteiger partial charge in [-0.15, -0.1) is 11.3 Å². The molecule has 2 unspecified atom stereocenters. The van der Waals surface area contributed by atoms with Crippen molar-refractivity contribution >= 4 is 11.3 Å². The second-order valence-electron chi connectivity index (χ2n) is 7.19. The molecule has 1 N–H and O–H groups in total. The predicted octanol–water partition coefficient (Wildman–Crippen LogP) is 4.67. The number of hydrogen-bond donors (Lipinski definition) is 1. The molecule has 21 heavy (non-hydrogen) atoms. The van der Waals surface area contributed by atoms with Crippen LogP contribution in [0.1, 0.15) is 74.9 Å². The summed E-state index contributed by atoms with van der Waals surface area (Å²) in [7, 11) is 0. The zero-order chi connectivity index (χ0) is 14.9. The number of aryl methyl sites for hydroxylation is 2. The minimum absolute atomic E-state index is 0.156. The average molecular weight is 307 g/mol. The summed E-state index contributed by atoms with van der Waals surface area (Å²) in [6, 6.07) is 0. The molecule has 1 heterocycles. The lowest BCUT2D eigenvalue weighted by Gasteiger charge is -2.45. The van der Waals surface area contributed by atoms with Crippen molar-refractivity contribution in [2.45, 2.75) is 77.7 Å². The SMILES string of the molecule is CCNC1(c2nc3c(s2)CCCC3)CCCCC1C(C)C. The number of thiazole rings is 1. The molecular formula is C18H30N2S. The third-order valence-electron chi connectivity index (χ3n) is 5.49. The van der Waals surface area contributed by atoms with Crippen molar-refractivity contribution in [3.63, 3.8) is 0 Å². The van der Waals surface area contributed by atoms with Crippen LogP contribution >= 0.6 is 11.3 Å². The highest BCUT2D eigenvalue weighted by Crippen LogP contribution is 2.47. The van der Waals surface area contributed by atoms with Crippen molar-refractivity contribution in [3.8, 4) is 0 Å². The second-order valence-corrected chi connectivity index (χ2v) is 8.28. The first kappa shape index (κ1) is 15.5. The number of nitrogens with one attached hydrogen (secondary N) is 1. The molecule has 2 aliphatic rings. The van der Waals surface area contributed by atoms with E-state index in [1.54, 1.807) is 4.88 Å². The van der Waals surface area contributed by atoms with Crippen molar-refractivity contribution in [2.24, 2.45) is 11.8 Å². The fourth-order valence-electron chi connectivity index (χ4n) is 4.52. The predicted molar refractivity (Wildman–Crippen MR) is 90.9 cm³/mol. The second kappa shape index (κ2) is 6.37. The van der Waals surface area contributed by atoms with Crippen LogP contribution in [0.5, 0.6) is 0 Å². The van der Waals surface area contributed by atoms with E-state index < -0.39 is 0 Å². The molecule has 2 aliphatic carbocycles. The molecule has 0 radical (unpaired) electrons. The number of rotatable bonds is 4. The van der Waals surface area contributed by atoms with Crippen LogP contribution in [-0.2, 0) is 18.4 Å². The largest absolute Gasteiger partial charge is 0.305 e. The normalized spacial score (nSPS) is 29.6. The van der Waals surface area contributed by atoms with E-state index in [1.165, 1.54) is 62.1 Å². The Morgan fingerprint density at radius 2 is 2.05 bits per heavy atom. The monoisotopic (exact) mass is 306 g/mol. The summed E-state index contributed by atoms with van der Waals surface area (Å²) in [6.07, 6.45) is 10.5. The minimum Gasteiger partial charge on any atom is -0.305 e. The van der Waals surface area contributed by atoms with Gasteiger partial charge in [0.25, 0.3) is 0 Å². The first-order valence-electron chi connectivity index (χ1n) is 8.91. The van der Waals surface area contributed by atoms with Gasteiger partial charge in [-0.1, -0.05) is 33.6 Å². The van der Waals surface area contributed by atoms with Gasteiger partial charge in [-0.3, -0.25) is 0 Å². The highest BCUT2D eigenvalue weighted by atomic mass is 32.1. The summed E-state index contributed by atoms with van der Waals surface area (Å²) in [5.41, 5.74) is 1.58. The summed E-state index contributed by atoms with van der Waals surface area (Å²) >= 11 is 2.03. The molecule has 0 amide bonds. The molecule has 0 bridgehead atoms. The first-order valence-corrected chi connectivity index (χ1v) is 9.73. The molecule has 0 spiro atoms. The quantitative estimate of drug-likeness (QED) is 0.874. The van der Waals surface area contributed by atoms with Gasteiger partial charge in [-0.25, -0.2) is 4.98 Å². The van der Waals surface area contributed by atoms with Crippen LogP contribution in [0.4, 0.5) is 0 Å². The molecule has 0 saturated heterocycles. The molecular weight excluding hydrogens is 276 g/mol. The van der Waals surface area contributed by atoms with Crippen molar-refractivity contribution in [1.82, 2.24) is 10.3 Å². The Morgan fingerprint density at radius 1 is 1.24 bits per heavy atom. The summed E-state index contributed by atoms with van der Waals surface area (Å²) < 4.78 is 0. The van der Waals surface area contributed by atoms with E-state index in [1.807, 2.05) is 11.3 Å². The Kier molecular flexibility index (Phi) is 4.70. The number of fused-ring (bicyclic) bond motifs is 1. The van der Waals surface area contributed by atoms with Gasteiger partial charge < -0.3 is 5.32 Å². The van der Waals surface area contributed by atoms with Gasteiger partial charge in [0.05, 0.1) is 11.2 Å². The zero-order valence-electron chi connectivity index (χ0n) is 13.9. The lowest BCUT2D eigenvalue weighted by Crippen LogP contribution is -2.52.